The molecule has 0 amide bonds. The number of carbonyl (C=O) groups excluding carboxylic acids is 1. The van der Waals surface area contributed by atoms with E-state index in [1.807, 2.05) is 78.9 Å². The van der Waals surface area contributed by atoms with Crippen molar-refractivity contribution in [2.24, 2.45) is 4.99 Å². The molecule has 0 saturated heterocycles. The van der Waals surface area contributed by atoms with Gasteiger partial charge in [0, 0.05) is 5.56 Å². The molecular formula is C27H25NO3. The van der Waals surface area contributed by atoms with Crippen molar-refractivity contribution >= 4 is 17.9 Å². The topological polar surface area (TPSA) is 47.9 Å². The van der Waals surface area contributed by atoms with E-state index in [0.29, 0.717) is 12.5 Å². The van der Waals surface area contributed by atoms with Crippen LogP contribution >= 0.6 is 0 Å². The van der Waals surface area contributed by atoms with Crippen molar-refractivity contribution in [1.29, 1.82) is 0 Å². The van der Waals surface area contributed by atoms with E-state index >= 15 is 0 Å². The zero-order valence-electron chi connectivity index (χ0n) is 18.0. The van der Waals surface area contributed by atoms with Crippen LogP contribution in [0.5, 0.6) is 5.75 Å². The van der Waals surface area contributed by atoms with Crippen LogP contribution in [0.3, 0.4) is 0 Å². The molecule has 4 rings (SSSR count). The highest BCUT2D eigenvalue weighted by Gasteiger charge is 2.24. The molecular weight excluding hydrogens is 386 g/mol. The second-order valence-corrected chi connectivity index (χ2v) is 8.51. The van der Waals surface area contributed by atoms with Gasteiger partial charge in [0.05, 0.1) is 0 Å². The van der Waals surface area contributed by atoms with Gasteiger partial charge < -0.3 is 9.47 Å². The van der Waals surface area contributed by atoms with E-state index in [0.717, 1.165) is 22.4 Å². The minimum atomic E-state index is -0.445. The molecule has 0 radical (unpaired) electrons. The molecule has 0 atom stereocenters. The highest BCUT2D eigenvalue weighted by atomic mass is 16.6. The van der Waals surface area contributed by atoms with Crippen molar-refractivity contribution in [1.82, 2.24) is 0 Å². The zero-order chi connectivity index (χ0) is 21.8. The molecule has 3 aromatic carbocycles. The summed E-state index contributed by atoms with van der Waals surface area (Å²) in [7, 11) is 0. The molecule has 0 spiro atoms. The second-order valence-electron chi connectivity index (χ2n) is 8.51. The zero-order valence-corrected chi connectivity index (χ0v) is 18.0. The number of ether oxygens (including phenoxy) is 2. The molecule has 156 valence electrons. The molecule has 0 aromatic heterocycles. The number of esters is 1. The molecule has 1 aliphatic rings. The Hall–Kier alpha value is -3.66. The number of benzene rings is 3. The Morgan fingerprint density at radius 2 is 1.58 bits per heavy atom. The van der Waals surface area contributed by atoms with Gasteiger partial charge in [0.15, 0.2) is 5.70 Å². The fourth-order valence-corrected chi connectivity index (χ4v) is 3.20. The van der Waals surface area contributed by atoms with Crippen LogP contribution in [-0.4, -0.2) is 11.9 Å². The van der Waals surface area contributed by atoms with Gasteiger partial charge in [0.25, 0.3) is 0 Å². The monoisotopic (exact) mass is 411 g/mol. The van der Waals surface area contributed by atoms with Gasteiger partial charge in [-0.15, -0.1) is 0 Å². The SMILES string of the molecule is CC(C)(C)c1ccc(C2=NC(=Cc3ccc(OCc4ccccc4)cc3)C(=O)O2)cc1. The number of hydrogen-bond donors (Lipinski definition) is 0. The first-order chi connectivity index (χ1) is 14.9. The Bertz CT molecular complexity index is 1120. The van der Waals surface area contributed by atoms with Crippen LogP contribution in [0.4, 0.5) is 0 Å². The number of nitrogens with zero attached hydrogens (tertiary/aromatic N) is 1. The lowest BCUT2D eigenvalue weighted by Crippen LogP contribution is -2.11. The molecule has 31 heavy (non-hydrogen) atoms. The summed E-state index contributed by atoms with van der Waals surface area (Å²) in [6, 6.07) is 25.5. The molecule has 0 saturated carbocycles. The van der Waals surface area contributed by atoms with Crippen molar-refractivity contribution in [2.45, 2.75) is 32.8 Å². The van der Waals surface area contributed by atoms with Gasteiger partial charge in [-0.05, 0) is 52.4 Å². The summed E-state index contributed by atoms with van der Waals surface area (Å²) in [4.78, 5) is 16.7. The van der Waals surface area contributed by atoms with Gasteiger partial charge in [0.2, 0.25) is 5.90 Å². The van der Waals surface area contributed by atoms with Crippen molar-refractivity contribution in [2.75, 3.05) is 0 Å². The van der Waals surface area contributed by atoms with Crippen molar-refractivity contribution in [3.8, 4) is 5.75 Å². The summed E-state index contributed by atoms with van der Waals surface area (Å²) < 4.78 is 11.2. The van der Waals surface area contributed by atoms with Crippen LogP contribution in [0.15, 0.2) is 89.6 Å². The lowest BCUT2D eigenvalue weighted by Gasteiger charge is -2.18. The Morgan fingerprint density at radius 1 is 0.903 bits per heavy atom. The van der Waals surface area contributed by atoms with Crippen LogP contribution in [0.2, 0.25) is 0 Å². The summed E-state index contributed by atoms with van der Waals surface area (Å²) in [5, 5.41) is 0. The fraction of sp³-hybridized carbons (Fsp3) is 0.185. The summed E-state index contributed by atoms with van der Waals surface area (Å²) >= 11 is 0. The van der Waals surface area contributed by atoms with Crippen LogP contribution < -0.4 is 4.74 Å². The Kier molecular flexibility index (Phi) is 5.72. The van der Waals surface area contributed by atoms with Crippen LogP contribution in [0.25, 0.3) is 6.08 Å². The normalized spacial score (nSPS) is 15.0. The maximum Gasteiger partial charge on any atom is 0.363 e. The number of cyclic esters (lactones) is 1. The number of hydrogen-bond acceptors (Lipinski definition) is 4. The molecule has 4 heteroatoms. The first-order valence-electron chi connectivity index (χ1n) is 10.3. The van der Waals surface area contributed by atoms with Gasteiger partial charge >= 0.3 is 5.97 Å². The number of rotatable bonds is 5. The van der Waals surface area contributed by atoms with Crippen molar-refractivity contribution in [3.63, 3.8) is 0 Å². The molecule has 0 fully saturated rings. The molecule has 0 aliphatic carbocycles. The van der Waals surface area contributed by atoms with Crippen LogP contribution in [0, 0.1) is 0 Å². The molecule has 4 nitrogen and oxygen atoms in total. The van der Waals surface area contributed by atoms with E-state index < -0.39 is 5.97 Å². The van der Waals surface area contributed by atoms with Gasteiger partial charge in [0.1, 0.15) is 12.4 Å². The number of aliphatic imine (C=N–C) groups is 1. The lowest BCUT2D eigenvalue weighted by molar-refractivity contribution is -0.129. The maximum absolute atomic E-state index is 12.3. The van der Waals surface area contributed by atoms with Gasteiger partial charge in [-0.2, -0.15) is 0 Å². The third-order valence-corrected chi connectivity index (χ3v) is 5.05. The first-order valence-corrected chi connectivity index (χ1v) is 10.3. The maximum atomic E-state index is 12.3. The average Bonchev–Trinajstić information content (AvgIpc) is 3.14. The summed E-state index contributed by atoms with van der Waals surface area (Å²) in [5.74, 6) is 0.655. The minimum absolute atomic E-state index is 0.0642. The predicted octanol–water partition coefficient (Wildman–Crippen LogP) is 5.91. The standard InChI is InChI=1S/C27H25NO3/c1-27(2,3)22-13-11-21(12-14-22)25-28-24(26(29)31-25)17-19-9-15-23(16-10-19)30-18-20-7-5-4-6-8-20/h4-17H,18H2,1-3H3. The molecule has 3 aromatic rings. The average molecular weight is 412 g/mol. The highest BCUT2D eigenvalue weighted by molar-refractivity contribution is 6.12. The Labute approximate surface area is 182 Å². The van der Waals surface area contributed by atoms with E-state index in [1.54, 1.807) is 6.08 Å². The highest BCUT2D eigenvalue weighted by Crippen LogP contribution is 2.25. The first kappa shape index (κ1) is 20.6. The van der Waals surface area contributed by atoms with E-state index in [4.69, 9.17) is 9.47 Å². The summed E-state index contributed by atoms with van der Waals surface area (Å²) in [6.45, 7) is 6.99. The van der Waals surface area contributed by atoms with Crippen LogP contribution in [-0.2, 0) is 21.6 Å². The van der Waals surface area contributed by atoms with E-state index in [1.165, 1.54) is 5.56 Å². The molecule has 0 unspecified atom stereocenters. The molecule has 1 aliphatic heterocycles. The van der Waals surface area contributed by atoms with E-state index in [2.05, 4.69) is 25.8 Å². The molecule has 0 N–H and O–H groups in total. The second kappa shape index (κ2) is 8.60. The fourth-order valence-electron chi connectivity index (χ4n) is 3.20. The Morgan fingerprint density at radius 3 is 2.23 bits per heavy atom. The number of carbonyl (C=O) groups is 1. The molecule has 1 heterocycles. The molecule has 0 bridgehead atoms. The summed E-state index contributed by atoms with van der Waals surface area (Å²) in [5.41, 5.74) is 4.31. The van der Waals surface area contributed by atoms with Gasteiger partial charge in [-0.3, -0.25) is 0 Å². The third-order valence-electron chi connectivity index (χ3n) is 5.05. The quantitative estimate of drug-likeness (QED) is 0.387. The minimum Gasteiger partial charge on any atom is -0.489 e. The van der Waals surface area contributed by atoms with Crippen LogP contribution in [0.1, 0.15) is 43.0 Å². The van der Waals surface area contributed by atoms with Gasteiger partial charge in [-0.1, -0.05) is 75.4 Å². The van der Waals surface area contributed by atoms with Crippen molar-refractivity contribution < 1.29 is 14.3 Å². The lowest BCUT2D eigenvalue weighted by atomic mass is 9.87. The van der Waals surface area contributed by atoms with Crippen molar-refractivity contribution in [3.05, 3.63) is 107 Å². The third kappa shape index (κ3) is 5.10. The van der Waals surface area contributed by atoms with Gasteiger partial charge in [-0.25, -0.2) is 9.79 Å². The Balaban J connectivity index is 1.45. The smallest absolute Gasteiger partial charge is 0.363 e. The largest absolute Gasteiger partial charge is 0.489 e. The van der Waals surface area contributed by atoms with E-state index in [9.17, 15) is 4.79 Å². The predicted molar refractivity (Wildman–Crippen MR) is 123 cm³/mol. The summed E-state index contributed by atoms with van der Waals surface area (Å²) in [6.07, 6.45) is 1.72. The van der Waals surface area contributed by atoms with E-state index in [-0.39, 0.29) is 11.1 Å².